The van der Waals surface area contributed by atoms with Crippen LogP contribution in [0.25, 0.3) is 0 Å². The Morgan fingerprint density at radius 3 is 0.816 bits per heavy atom. The van der Waals surface area contributed by atoms with Crippen molar-refractivity contribution in [2.75, 3.05) is 66.1 Å². The highest BCUT2D eigenvalue weighted by atomic mass is 16.8. The summed E-state index contributed by atoms with van der Waals surface area (Å²) in [6.07, 6.45) is -106. The number of carbonyl (C=O) groups is 1. The minimum absolute atomic E-state index is 0.878. The fourth-order valence-electron chi connectivity index (χ4n) is 14.6. The van der Waals surface area contributed by atoms with Gasteiger partial charge in [-0.1, -0.05) is 0 Å². The van der Waals surface area contributed by atoms with Crippen molar-refractivity contribution in [2.45, 2.75) is 314 Å². The standard InChI is InChI=1S/C62H105NO51/c1-12(72)63-23-33(82)46(20(9-71)98-53(23)95)108-59-45(94)49(111-61-52(39(88)29(78)17(6-68)104-61)114-62-51(38(87)28(77)18(7-69)105-62)113-58-44(93)47(30(79)19(8-70)102-58)109-55-40(89)34(83)24(73)13(2-64)99-55)32(81)22(107-59)10-96-54-43(92)48(110-56-41(90)35(84)25(74)14(3-65)100-56)31(80)21(106-54)11-97-60-50(37(86)27(76)16(5-67)103-60)112-57-42(91)36(85)26(75)15(4-66)101-57/h13-62,64-71,73-95H,2-11H2,1H3,(H,63,72)/t13-,14-,15-,16-,17-,18-,19-,20-,21-,22-,23-,24-,25-,26-,27-,28-,29-,30-,31-,32-,33-,34+,35+,36+,37+,38+,39+,40+,41+,42+,43+,44+,45+,46-,47+,48+,49+,50+,51+,52+,53?,54+,55-,56-,57-,58-,59+,60+,61-,62-/m1/s1. The van der Waals surface area contributed by atoms with Crippen molar-refractivity contribution < 1.29 is 253 Å². The minimum Gasteiger partial charge on any atom is -0.394 e. The molecule has 664 valence electrons. The van der Waals surface area contributed by atoms with E-state index in [1.54, 1.807) is 0 Å². The van der Waals surface area contributed by atoms with Crippen molar-refractivity contribution in [2.24, 2.45) is 0 Å². The summed E-state index contributed by atoms with van der Waals surface area (Å²) in [4.78, 5) is 12.4. The van der Waals surface area contributed by atoms with Gasteiger partial charge < -0.3 is 254 Å². The first-order valence-electron chi connectivity index (χ1n) is 36.2. The van der Waals surface area contributed by atoms with Gasteiger partial charge in [0.1, 0.15) is 244 Å². The van der Waals surface area contributed by atoms with Gasteiger partial charge in [0.2, 0.25) is 5.91 Å². The zero-order chi connectivity index (χ0) is 83.7. The molecule has 0 aromatic rings. The molecule has 10 aliphatic rings. The first-order valence-corrected chi connectivity index (χ1v) is 36.2. The largest absolute Gasteiger partial charge is 0.394 e. The molecule has 10 saturated heterocycles. The van der Waals surface area contributed by atoms with Crippen LogP contribution in [-0.4, -0.2) is 537 Å². The van der Waals surface area contributed by atoms with E-state index in [1.165, 1.54) is 0 Å². The van der Waals surface area contributed by atoms with E-state index in [0.29, 0.717) is 0 Å². The molecule has 10 rings (SSSR count). The second-order valence-electron chi connectivity index (χ2n) is 28.8. The van der Waals surface area contributed by atoms with Crippen LogP contribution in [0.5, 0.6) is 0 Å². The van der Waals surface area contributed by atoms with Gasteiger partial charge in [0, 0.05) is 6.92 Å². The molecule has 0 aliphatic carbocycles. The van der Waals surface area contributed by atoms with Gasteiger partial charge in [-0.15, -0.1) is 0 Å². The van der Waals surface area contributed by atoms with E-state index in [4.69, 9.17) is 90.0 Å². The molecular weight excluding hydrogens is 1570 g/mol. The molecule has 0 radical (unpaired) electrons. The molecule has 10 aliphatic heterocycles. The first kappa shape index (κ1) is 93.7. The van der Waals surface area contributed by atoms with Gasteiger partial charge in [-0.05, 0) is 0 Å². The molecule has 52 nitrogen and oxygen atoms in total. The van der Waals surface area contributed by atoms with Gasteiger partial charge in [-0.2, -0.15) is 0 Å². The van der Waals surface area contributed by atoms with Gasteiger partial charge in [-0.3, -0.25) is 4.79 Å². The molecule has 1 unspecified atom stereocenters. The molecular formula is C62H105NO51. The Morgan fingerprint density at radius 1 is 0.228 bits per heavy atom. The minimum atomic E-state index is -2.57. The first-order chi connectivity index (χ1) is 54.0. The maximum atomic E-state index is 12.6. The monoisotopic (exact) mass is 1680 g/mol. The third-order valence-electron chi connectivity index (χ3n) is 21.3. The van der Waals surface area contributed by atoms with Crippen molar-refractivity contribution >= 4 is 5.91 Å². The third-order valence-corrected chi connectivity index (χ3v) is 21.3. The molecule has 114 heavy (non-hydrogen) atoms. The van der Waals surface area contributed by atoms with Crippen LogP contribution in [0.3, 0.4) is 0 Å². The third kappa shape index (κ3) is 19.7. The zero-order valence-corrected chi connectivity index (χ0v) is 60.0. The molecule has 0 bridgehead atoms. The van der Waals surface area contributed by atoms with Crippen LogP contribution in [0.2, 0.25) is 0 Å². The van der Waals surface area contributed by atoms with Crippen molar-refractivity contribution in [3.8, 4) is 0 Å². The molecule has 0 spiro atoms. The summed E-state index contributed by atoms with van der Waals surface area (Å²) in [5, 5.41) is 343. The maximum absolute atomic E-state index is 12.6. The number of amides is 1. The van der Waals surface area contributed by atoms with E-state index < -0.39 is 379 Å². The second-order valence-corrected chi connectivity index (χ2v) is 28.8. The van der Waals surface area contributed by atoms with Crippen LogP contribution >= 0.6 is 0 Å². The smallest absolute Gasteiger partial charge is 0.217 e. The van der Waals surface area contributed by atoms with E-state index in [-0.39, 0.29) is 0 Å². The molecule has 0 aromatic heterocycles. The average molecular weight is 1680 g/mol. The maximum Gasteiger partial charge on any atom is 0.217 e. The second kappa shape index (κ2) is 40.6. The topological polar surface area (TPSA) is 832 Å². The summed E-state index contributed by atoms with van der Waals surface area (Å²) in [5.41, 5.74) is 0. The SMILES string of the molecule is CC(=O)N[C@H]1C(O)O[C@H](CO)[C@@H](O[C@@H]2O[C@H](CO[C@H]3O[C@H](CO[C@H]4O[C@H](CO)[C@@H](O)[C@H](O)[C@@H]4O[C@H]4O[C@H](CO)[C@@H](O)[C@H](O)[C@@H]4O)[C@@H](O)[C@H](O[C@H]4O[C@H](CO)[C@@H](O)[C@H](O)[C@@H]4O)[C@@H]3O)[C@@H](O)[C@H](O[C@H]3O[C@H](CO)[C@@H](O)[C@H](O)[C@@H]3O[C@H]3O[C@H](CO)[C@@H](O)[C@H](O)[C@@H]3O[C@H]3O[C@H](CO)[C@@H](O)[C@H](O[C@H]4O[C@H](CO)[C@@H](O)[C@H](O)[C@@H]4O)[C@@H]3O)[C@@H]2O)[C@@H]1O. The summed E-state index contributed by atoms with van der Waals surface area (Å²) in [6, 6.07) is -1.81. The summed E-state index contributed by atoms with van der Waals surface area (Å²) >= 11 is 0. The predicted octanol–water partition coefficient (Wildman–Crippen LogP) is -22.7. The van der Waals surface area contributed by atoms with Crippen molar-refractivity contribution in [1.29, 1.82) is 0 Å². The number of aliphatic hydroxyl groups is 31. The van der Waals surface area contributed by atoms with Gasteiger partial charge in [0.15, 0.2) is 62.9 Å². The number of rotatable bonds is 29. The van der Waals surface area contributed by atoms with E-state index >= 15 is 0 Å². The molecule has 32 N–H and O–H groups in total. The number of aliphatic hydroxyl groups excluding tert-OH is 31. The summed E-state index contributed by atoms with van der Waals surface area (Å²) in [7, 11) is 0. The van der Waals surface area contributed by atoms with Crippen molar-refractivity contribution in [3.63, 3.8) is 0 Å². The van der Waals surface area contributed by atoms with E-state index in [9.17, 15) is 163 Å². The van der Waals surface area contributed by atoms with Crippen molar-refractivity contribution in [3.05, 3.63) is 0 Å². The quantitative estimate of drug-likeness (QED) is 0.0331. The van der Waals surface area contributed by atoms with Crippen molar-refractivity contribution in [1.82, 2.24) is 5.32 Å². The summed E-state index contributed by atoms with van der Waals surface area (Å²) in [5.74, 6) is -0.878. The van der Waals surface area contributed by atoms with Crippen LogP contribution < -0.4 is 5.32 Å². The molecule has 52 heteroatoms. The number of hydrogen-bond donors (Lipinski definition) is 32. The Labute approximate surface area is 642 Å². The molecule has 0 aromatic carbocycles. The Hall–Kier alpha value is -2.53. The highest BCUT2D eigenvalue weighted by Crippen LogP contribution is 2.40. The normalized spacial score (nSPS) is 52.6. The zero-order valence-electron chi connectivity index (χ0n) is 60.0. The Balaban J connectivity index is 0.963. The lowest BCUT2D eigenvalue weighted by Gasteiger charge is -2.50. The highest BCUT2D eigenvalue weighted by Gasteiger charge is 2.61. The van der Waals surface area contributed by atoms with E-state index in [1.807, 2.05) is 0 Å². The van der Waals surface area contributed by atoms with Gasteiger partial charge >= 0.3 is 0 Å². The van der Waals surface area contributed by atoms with Crippen LogP contribution in [0, 0.1) is 0 Å². The summed E-state index contributed by atoms with van der Waals surface area (Å²) < 4.78 is 110. The summed E-state index contributed by atoms with van der Waals surface area (Å²) in [6.45, 7) is -10.2. The van der Waals surface area contributed by atoms with Crippen LogP contribution in [-0.2, 0) is 94.8 Å². The molecule has 50 atom stereocenters. The molecule has 10 heterocycles. The van der Waals surface area contributed by atoms with E-state index in [0.717, 1.165) is 6.92 Å². The number of nitrogens with one attached hydrogen (secondary N) is 1. The van der Waals surface area contributed by atoms with E-state index in [2.05, 4.69) is 5.32 Å². The Kier molecular flexibility index (Phi) is 33.4. The van der Waals surface area contributed by atoms with Gasteiger partial charge in [0.25, 0.3) is 0 Å². The highest BCUT2D eigenvalue weighted by molar-refractivity contribution is 5.73. The molecule has 1 amide bonds. The number of carbonyl (C=O) groups excluding carboxylic acids is 1. The fourth-order valence-corrected chi connectivity index (χ4v) is 14.6. The van der Waals surface area contributed by atoms with Crippen LogP contribution in [0.15, 0.2) is 0 Å². The van der Waals surface area contributed by atoms with Gasteiger partial charge in [0.05, 0.1) is 66.1 Å². The lowest BCUT2D eigenvalue weighted by molar-refractivity contribution is -0.410. The lowest BCUT2D eigenvalue weighted by atomic mass is 9.94. The average Bonchev–Trinajstić information content (AvgIpc) is 0.771. The number of ether oxygens (including phenoxy) is 19. The van der Waals surface area contributed by atoms with Gasteiger partial charge in [-0.25, -0.2) is 0 Å². The molecule has 0 saturated carbocycles. The fraction of sp³-hybridized carbons (Fsp3) is 0.984. The molecule has 10 fully saturated rings. The lowest BCUT2D eigenvalue weighted by Crippen LogP contribution is -2.69. The Morgan fingerprint density at radius 2 is 0.465 bits per heavy atom. The Bertz CT molecular complexity index is 2920. The van der Waals surface area contributed by atoms with Crippen LogP contribution in [0.4, 0.5) is 0 Å². The van der Waals surface area contributed by atoms with Crippen LogP contribution in [0.1, 0.15) is 6.92 Å². The number of hydrogen-bond acceptors (Lipinski definition) is 51. The predicted molar refractivity (Wildman–Crippen MR) is 341 cm³/mol.